The van der Waals surface area contributed by atoms with Crippen LogP contribution in [-0.2, 0) is 16.0 Å². The molecule has 1 atom stereocenters. The molecule has 1 heterocycles. The van der Waals surface area contributed by atoms with Crippen molar-refractivity contribution >= 4 is 23.6 Å². The van der Waals surface area contributed by atoms with Crippen LogP contribution in [0.5, 0.6) is 0 Å². The van der Waals surface area contributed by atoms with Crippen LogP contribution >= 0.6 is 11.6 Å². The minimum absolute atomic E-state index is 0.259. The lowest BCUT2D eigenvalue weighted by Crippen LogP contribution is -2.46. The molecule has 0 aromatic heterocycles. The van der Waals surface area contributed by atoms with Gasteiger partial charge in [0.05, 0.1) is 18.2 Å². The molecule has 0 saturated heterocycles. The van der Waals surface area contributed by atoms with Crippen molar-refractivity contribution in [1.29, 1.82) is 0 Å². The molecule has 6 heteroatoms. The van der Waals surface area contributed by atoms with Crippen LogP contribution in [0.3, 0.4) is 0 Å². The van der Waals surface area contributed by atoms with E-state index in [1.807, 2.05) is 55.5 Å². The Balaban J connectivity index is 1.97. The van der Waals surface area contributed by atoms with Gasteiger partial charge in [-0.25, -0.2) is 9.59 Å². The predicted octanol–water partition coefficient (Wildman–Crippen LogP) is 4.45. The fourth-order valence-electron chi connectivity index (χ4n) is 3.23. The van der Waals surface area contributed by atoms with Gasteiger partial charge in [0.1, 0.15) is 0 Å². The third kappa shape index (κ3) is 4.54. The lowest BCUT2D eigenvalue weighted by molar-refractivity contribution is -0.139. The molecule has 3 rings (SSSR count). The van der Waals surface area contributed by atoms with E-state index in [2.05, 4.69) is 10.6 Å². The molecular weight excluding hydrogens is 376 g/mol. The molecule has 0 saturated carbocycles. The van der Waals surface area contributed by atoms with Gasteiger partial charge in [-0.05, 0) is 43.9 Å². The maximum atomic E-state index is 12.7. The summed E-state index contributed by atoms with van der Waals surface area (Å²) in [4.78, 5) is 25.0. The average molecular weight is 399 g/mol. The molecule has 2 aromatic rings. The summed E-state index contributed by atoms with van der Waals surface area (Å²) in [5.41, 5.74) is 3.88. The number of allylic oxidation sites excluding steroid dienone is 1. The monoisotopic (exact) mass is 398 g/mol. The Bertz CT molecular complexity index is 906. The van der Waals surface area contributed by atoms with E-state index in [-0.39, 0.29) is 12.6 Å². The summed E-state index contributed by atoms with van der Waals surface area (Å²) >= 11 is 6.25. The molecule has 0 bridgehead atoms. The van der Waals surface area contributed by atoms with Gasteiger partial charge in [0, 0.05) is 10.7 Å². The third-order valence-corrected chi connectivity index (χ3v) is 5.03. The van der Waals surface area contributed by atoms with E-state index in [4.69, 9.17) is 16.3 Å². The van der Waals surface area contributed by atoms with Gasteiger partial charge in [-0.2, -0.15) is 0 Å². The van der Waals surface area contributed by atoms with Crippen LogP contribution in [0.15, 0.2) is 59.8 Å². The minimum atomic E-state index is -0.561. The van der Waals surface area contributed by atoms with E-state index in [0.29, 0.717) is 29.1 Å². The van der Waals surface area contributed by atoms with E-state index in [0.717, 1.165) is 16.7 Å². The van der Waals surface area contributed by atoms with Gasteiger partial charge < -0.3 is 15.4 Å². The quantitative estimate of drug-likeness (QED) is 0.706. The fourth-order valence-corrected chi connectivity index (χ4v) is 3.46. The first-order chi connectivity index (χ1) is 13.5. The first-order valence-corrected chi connectivity index (χ1v) is 9.65. The summed E-state index contributed by atoms with van der Waals surface area (Å²) in [7, 11) is 0. The molecule has 0 aliphatic carbocycles. The number of hydrogen-bond acceptors (Lipinski definition) is 3. The number of carbonyl (C=O) groups is 2. The number of rotatable bonds is 6. The number of aryl methyl sites for hydroxylation is 2. The second kappa shape index (κ2) is 8.93. The van der Waals surface area contributed by atoms with Crippen LogP contribution in [0.2, 0.25) is 5.02 Å². The number of urea groups is 1. The molecular formula is C22H23ClN2O3. The normalized spacial score (nSPS) is 16.4. The summed E-state index contributed by atoms with van der Waals surface area (Å²) in [6.07, 6.45) is 1.06. The van der Waals surface area contributed by atoms with Gasteiger partial charge in [-0.1, -0.05) is 59.6 Å². The van der Waals surface area contributed by atoms with Crippen molar-refractivity contribution < 1.29 is 14.3 Å². The second-order valence-corrected chi connectivity index (χ2v) is 7.05. The molecule has 2 N–H and O–H groups in total. The maximum absolute atomic E-state index is 12.7. The third-order valence-electron chi connectivity index (χ3n) is 4.66. The van der Waals surface area contributed by atoms with E-state index >= 15 is 0 Å². The van der Waals surface area contributed by atoms with Crippen molar-refractivity contribution in [2.75, 3.05) is 6.61 Å². The number of esters is 1. The van der Waals surface area contributed by atoms with E-state index < -0.39 is 12.0 Å². The Kier molecular flexibility index (Phi) is 6.37. The van der Waals surface area contributed by atoms with Crippen molar-refractivity contribution in [3.05, 3.63) is 81.5 Å². The molecule has 5 nitrogen and oxygen atoms in total. The number of carbonyl (C=O) groups excluding carboxylic acids is 2. The highest BCUT2D eigenvalue weighted by Crippen LogP contribution is 2.30. The Labute approximate surface area is 169 Å². The highest BCUT2D eigenvalue weighted by Gasteiger charge is 2.33. The van der Waals surface area contributed by atoms with Crippen molar-refractivity contribution in [3.63, 3.8) is 0 Å². The van der Waals surface area contributed by atoms with Gasteiger partial charge >= 0.3 is 12.0 Å². The van der Waals surface area contributed by atoms with Gasteiger partial charge in [-0.3, -0.25) is 0 Å². The zero-order valence-electron chi connectivity index (χ0n) is 15.9. The molecule has 2 amide bonds. The smallest absolute Gasteiger partial charge is 0.338 e. The highest BCUT2D eigenvalue weighted by molar-refractivity contribution is 6.31. The molecule has 1 unspecified atom stereocenters. The van der Waals surface area contributed by atoms with Crippen LogP contribution in [-0.4, -0.2) is 18.6 Å². The number of amides is 2. The largest absolute Gasteiger partial charge is 0.463 e. The van der Waals surface area contributed by atoms with Crippen molar-refractivity contribution in [1.82, 2.24) is 10.6 Å². The van der Waals surface area contributed by atoms with Gasteiger partial charge in [-0.15, -0.1) is 0 Å². The van der Waals surface area contributed by atoms with Crippen LogP contribution in [0.4, 0.5) is 4.79 Å². The van der Waals surface area contributed by atoms with E-state index in [1.165, 1.54) is 0 Å². The predicted molar refractivity (Wildman–Crippen MR) is 109 cm³/mol. The van der Waals surface area contributed by atoms with E-state index in [1.54, 1.807) is 6.92 Å². The first-order valence-electron chi connectivity index (χ1n) is 9.27. The van der Waals surface area contributed by atoms with Crippen LogP contribution in [0.25, 0.3) is 0 Å². The maximum Gasteiger partial charge on any atom is 0.338 e. The van der Waals surface area contributed by atoms with Crippen molar-refractivity contribution in [3.8, 4) is 0 Å². The SMILES string of the molecule is CCOC(=O)C1=C(CCc2ccccc2Cl)NC(=O)NC1c1ccc(C)cc1. The van der Waals surface area contributed by atoms with Gasteiger partial charge in [0.2, 0.25) is 0 Å². The zero-order valence-corrected chi connectivity index (χ0v) is 16.7. The fraction of sp³-hybridized carbons (Fsp3) is 0.273. The minimum Gasteiger partial charge on any atom is -0.463 e. The topological polar surface area (TPSA) is 67.4 Å². The van der Waals surface area contributed by atoms with E-state index in [9.17, 15) is 9.59 Å². The lowest BCUT2D eigenvalue weighted by atomic mass is 9.92. The number of hydrogen-bond donors (Lipinski definition) is 2. The van der Waals surface area contributed by atoms with Crippen LogP contribution in [0, 0.1) is 6.92 Å². The van der Waals surface area contributed by atoms with Crippen LogP contribution in [0.1, 0.15) is 36.1 Å². The summed E-state index contributed by atoms with van der Waals surface area (Å²) in [5.74, 6) is -0.435. The summed E-state index contributed by atoms with van der Waals surface area (Å²) in [6.45, 7) is 4.01. The van der Waals surface area contributed by atoms with Crippen LogP contribution < -0.4 is 10.6 Å². The van der Waals surface area contributed by atoms with Crippen molar-refractivity contribution in [2.24, 2.45) is 0 Å². The molecule has 1 aliphatic rings. The highest BCUT2D eigenvalue weighted by atomic mass is 35.5. The number of ether oxygens (including phenoxy) is 1. The Morgan fingerprint density at radius 3 is 2.50 bits per heavy atom. The second-order valence-electron chi connectivity index (χ2n) is 6.65. The molecule has 0 radical (unpaired) electrons. The Morgan fingerprint density at radius 1 is 1.11 bits per heavy atom. The standard InChI is InChI=1S/C22H23ClN2O3/c1-3-28-21(26)19-18(13-12-15-6-4-5-7-17(15)23)24-22(27)25-20(19)16-10-8-14(2)9-11-16/h4-11,20H,3,12-13H2,1-2H3,(H2,24,25,27). The summed E-state index contributed by atoms with van der Waals surface area (Å²) < 4.78 is 5.28. The number of benzene rings is 2. The molecule has 28 heavy (non-hydrogen) atoms. The molecule has 146 valence electrons. The van der Waals surface area contributed by atoms with Crippen molar-refractivity contribution in [2.45, 2.75) is 32.7 Å². The number of nitrogens with one attached hydrogen (secondary N) is 2. The average Bonchev–Trinajstić information content (AvgIpc) is 2.67. The molecule has 0 spiro atoms. The molecule has 1 aliphatic heterocycles. The Morgan fingerprint density at radius 2 is 1.82 bits per heavy atom. The molecule has 2 aromatic carbocycles. The first kappa shape index (κ1) is 20.0. The van der Waals surface area contributed by atoms with Gasteiger partial charge in [0.25, 0.3) is 0 Å². The Hall–Kier alpha value is -2.79. The van der Waals surface area contributed by atoms with Gasteiger partial charge in [0.15, 0.2) is 0 Å². The number of halogens is 1. The molecule has 0 fully saturated rings. The summed E-state index contributed by atoms with van der Waals surface area (Å²) in [6, 6.07) is 14.4. The summed E-state index contributed by atoms with van der Waals surface area (Å²) in [5, 5.41) is 6.30. The zero-order chi connectivity index (χ0) is 20.1. The lowest BCUT2D eigenvalue weighted by Gasteiger charge is -2.29.